The van der Waals surface area contributed by atoms with Gasteiger partial charge in [0.2, 0.25) is 0 Å². The van der Waals surface area contributed by atoms with E-state index in [1.807, 2.05) is 0 Å². The van der Waals surface area contributed by atoms with Crippen molar-refractivity contribution in [3.63, 3.8) is 0 Å². The van der Waals surface area contributed by atoms with Crippen LogP contribution >= 0.6 is 11.6 Å². The number of ether oxygens (including phenoxy) is 1. The van der Waals surface area contributed by atoms with E-state index in [1.54, 1.807) is 51.1 Å². The first-order valence-electron chi connectivity index (χ1n) is 9.74. The number of rotatable bonds is 1. The molecule has 31 heavy (non-hydrogen) atoms. The summed E-state index contributed by atoms with van der Waals surface area (Å²) in [6, 6.07) is 13.1. The Balaban J connectivity index is 2.19. The van der Waals surface area contributed by atoms with Gasteiger partial charge in [0.15, 0.2) is 5.41 Å². The summed E-state index contributed by atoms with van der Waals surface area (Å²) in [5.74, 6) is -1.24. The van der Waals surface area contributed by atoms with Crippen LogP contribution in [0.15, 0.2) is 47.2 Å². The molecule has 2 unspecified atom stereocenters. The zero-order chi connectivity index (χ0) is 23.0. The van der Waals surface area contributed by atoms with Crippen LogP contribution in [0.25, 0.3) is 0 Å². The lowest BCUT2D eigenvalue weighted by atomic mass is 9.58. The fourth-order valence-electron chi connectivity index (χ4n) is 4.23. The Morgan fingerprint density at radius 3 is 2.52 bits per heavy atom. The molecule has 1 aliphatic carbocycles. The normalized spacial score (nSPS) is 22.4. The Morgan fingerprint density at radius 2 is 1.97 bits per heavy atom. The zero-order valence-electron chi connectivity index (χ0n) is 17.5. The largest absolute Gasteiger partial charge is 0.444 e. The predicted octanol–water partition coefficient (Wildman–Crippen LogP) is 4.00. The number of carbonyl (C=O) groups is 1. The van der Waals surface area contributed by atoms with Gasteiger partial charge in [-0.3, -0.25) is 0 Å². The molecule has 1 aromatic carbocycles. The minimum Gasteiger partial charge on any atom is -0.444 e. The van der Waals surface area contributed by atoms with E-state index in [9.17, 15) is 20.6 Å². The number of benzene rings is 1. The Labute approximate surface area is 186 Å². The monoisotopic (exact) mass is 435 g/mol. The SMILES string of the molecule is CC(C)(C)OC(=O)N1CC=C2C(C#N)=C(N)C(C#N)(C#N)C(c3cccc(Cl)c3)C2C1. The quantitative estimate of drug-likeness (QED) is 0.710. The number of hydrogen-bond acceptors (Lipinski definition) is 6. The molecular formula is C23H22ClN5O2. The van der Waals surface area contributed by atoms with Gasteiger partial charge in [-0.25, -0.2) is 4.79 Å². The maximum absolute atomic E-state index is 12.7. The van der Waals surface area contributed by atoms with E-state index in [0.717, 1.165) is 0 Å². The summed E-state index contributed by atoms with van der Waals surface area (Å²) >= 11 is 6.20. The molecule has 158 valence electrons. The van der Waals surface area contributed by atoms with Crippen molar-refractivity contribution in [2.24, 2.45) is 17.1 Å². The molecule has 2 N–H and O–H groups in total. The predicted molar refractivity (Wildman–Crippen MR) is 114 cm³/mol. The van der Waals surface area contributed by atoms with Crippen LogP contribution in [0.4, 0.5) is 4.79 Å². The number of nitriles is 3. The van der Waals surface area contributed by atoms with Gasteiger partial charge in [0, 0.05) is 29.9 Å². The van der Waals surface area contributed by atoms with Crippen LogP contribution in [0.2, 0.25) is 5.02 Å². The number of halogens is 1. The fraction of sp³-hybridized carbons (Fsp3) is 0.391. The van der Waals surface area contributed by atoms with Crippen LogP contribution in [0.3, 0.4) is 0 Å². The van der Waals surface area contributed by atoms with Gasteiger partial charge in [0.05, 0.1) is 23.4 Å². The average molecular weight is 436 g/mol. The van der Waals surface area contributed by atoms with Crippen LogP contribution in [0.5, 0.6) is 0 Å². The van der Waals surface area contributed by atoms with Gasteiger partial charge >= 0.3 is 6.09 Å². The first-order valence-corrected chi connectivity index (χ1v) is 10.1. The summed E-state index contributed by atoms with van der Waals surface area (Å²) in [7, 11) is 0. The number of amides is 1. The standard InChI is InChI=1S/C23H22ClN5O2/c1-22(2,3)31-21(30)29-8-7-16-17(10-25)20(28)23(12-26,13-27)19(18(16)11-29)14-5-4-6-15(24)9-14/h4-7,9,18-19H,8,11,28H2,1-3H3. The minimum atomic E-state index is -1.78. The lowest BCUT2D eigenvalue weighted by Crippen LogP contribution is -2.50. The van der Waals surface area contributed by atoms with Crippen molar-refractivity contribution >= 4 is 17.7 Å². The molecule has 7 nitrogen and oxygen atoms in total. The highest BCUT2D eigenvalue weighted by atomic mass is 35.5. The molecule has 0 saturated carbocycles. The molecule has 8 heteroatoms. The molecule has 0 aromatic heterocycles. The molecule has 0 spiro atoms. The van der Waals surface area contributed by atoms with Crippen molar-refractivity contribution in [3.8, 4) is 18.2 Å². The number of allylic oxidation sites excluding steroid dienone is 2. The van der Waals surface area contributed by atoms with E-state index in [2.05, 4.69) is 18.2 Å². The maximum atomic E-state index is 12.7. The van der Waals surface area contributed by atoms with Crippen LogP contribution < -0.4 is 5.73 Å². The van der Waals surface area contributed by atoms with Crippen LogP contribution in [0.1, 0.15) is 32.3 Å². The molecule has 0 fully saturated rings. The summed E-state index contributed by atoms with van der Waals surface area (Å²) in [5.41, 5.74) is 5.13. The fourth-order valence-corrected chi connectivity index (χ4v) is 4.43. The van der Waals surface area contributed by atoms with E-state index in [-0.39, 0.29) is 24.4 Å². The van der Waals surface area contributed by atoms with Gasteiger partial charge in [-0.05, 0) is 44.0 Å². The van der Waals surface area contributed by atoms with Gasteiger partial charge in [0.25, 0.3) is 0 Å². The van der Waals surface area contributed by atoms with E-state index in [4.69, 9.17) is 22.1 Å². The Morgan fingerprint density at radius 1 is 1.29 bits per heavy atom. The number of nitrogens with zero attached hydrogens (tertiary/aromatic N) is 4. The first kappa shape index (κ1) is 22.2. The molecule has 2 atom stereocenters. The number of fused-ring (bicyclic) bond motifs is 1. The van der Waals surface area contributed by atoms with Crippen molar-refractivity contribution in [1.29, 1.82) is 15.8 Å². The van der Waals surface area contributed by atoms with E-state index in [1.165, 1.54) is 4.90 Å². The molecule has 0 saturated heterocycles. The molecule has 0 bridgehead atoms. The number of hydrogen-bond donors (Lipinski definition) is 1. The highest BCUT2D eigenvalue weighted by Crippen LogP contribution is 2.54. The van der Waals surface area contributed by atoms with Crippen molar-refractivity contribution < 1.29 is 9.53 Å². The lowest BCUT2D eigenvalue weighted by molar-refractivity contribution is 0.0224. The van der Waals surface area contributed by atoms with Gasteiger partial charge < -0.3 is 15.4 Å². The average Bonchev–Trinajstić information content (AvgIpc) is 2.71. The maximum Gasteiger partial charge on any atom is 0.410 e. The molecule has 1 heterocycles. The molecule has 0 radical (unpaired) electrons. The summed E-state index contributed by atoms with van der Waals surface area (Å²) in [4.78, 5) is 14.2. The highest BCUT2D eigenvalue weighted by molar-refractivity contribution is 6.30. The lowest BCUT2D eigenvalue weighted by Gasteiger charge is -2.45. The minimum absolute atomic E-state index is 0.0711. The smallest absolute Gasteiger partial charge is 0.410 e. The van der Waals surface area contributed by atoms with Crippen molar-refractivity contribution in [3.05, 3.63) is 57.8 Å². The summed E-state index contributed by atoms with van der Waals surface area (Å²) in [6.45, 7) is 5.73. The van der Waals surface area contributed by atoms with Crippen molar-refractivity contribution in [2.75, 3.05) is 13.1 Å². The molecule has 1 aromatic rings. The molecule has 1 amide bonds. The van der Waals surface area contributed by atoms with Crippen LogP contribution in [-0.2, 0) is 4.74 Å². The second-order valence-corrected chi connectivity index (χ2v) is 9.05. The van der Waals surface area contributed by atoms with Crippen LogP contribution in [-0.4, -0.2) is 29.7 Å². The summed E-state index contributed by atoms with van der Waals surface area (Å²) in [5, 5.41) is 30.4. The van der Waals surface area contributed by atoms with Gasteiger partial charge in [-0.2, -0.15) is 15.8 Å². The Kier molecular flexibility index (Phi) is 5.72. The number of carbonyl (C=O) groups excluding carboxylic acids is 1. The Hall–Kier alpha value is -3.47. The van der Waals surface area contributed by atoms with E-state index >= 15 is 0 Å². The first-order chi connectivity index (χ1) is 14.6. The second-order valence-electron chi connectivity index (χ2n) is 8.62. The third-order valence-corrected chi connectivity index (χ3v) is 5.76. The molecule has 1 aliphatic heterocycles. The summed E-state index contributed by atoms with van der Waals surface area (Å²) in [6.07, 6.45) is 1.24. The molecule has 3 rings (SSSR count). The van der Waals surface area contributed by atoms with Crippen molar-refractivity contribution in [1.82, 2.24) is 4.90 Å². The third kappa shape index (κ3) is 3.83. The van der Waals surface area contributed by atoms with Crippen molar-refractivity contribution in [2.45, 2.75) is 32.3 Å². The molecule has 2 aliphatic rings. The summed E-state index contributed by atoms with van der Waals surface area (Å²) < 4.78 is 5.50. The Bertz CT molecular complexity index is 1100. The number of nitrogens with two attached hydrogens (primary N) is 1. The van der Waals surface area contributed by atoms with Gasteiger partial charge in [-0.15, -0.1) is 0 Å². The molecular weight excluding hydrogens is 414 g/mol. The topological polar surface area (TPSA) is 127 Å². The zero-order valence-corrected chi connectivity index (χ0v) is 18.3. The third-order valence-electron chi connectivity index (χ3n) is 5.52. The van der Waals surface area contributed by atoms with Gasteiger partial charge in [-0.1, -0.05) is 29.8 Å². The van der Waals surface area contributed by atoms with Crippen LogP contribution in [0, 0.1) is 45.3 Å². The highest BCUT2D eigenvalue weighted by Gasteiger charge is 2.54. The van der Waals surface area contributed by atoms with Gasteiger partial charge in [0.1, 0.15) is 11.7 Å². The van der Waals surface area contributed by atoms with E-state index in [0.29, 0.717) is 16.2 Å². The second kappa shape index (κ2) is 7.99. The van der Waals surface area contributed by atoms with E-state index < -0.39 is 28.9 Å².